The number of pyridine rings is 2. The normalized spacial score (nSPS) is 13.4. The lowest BCUT2D eigenvalue weighted by Crippen LogP contribution is -2.41. The zero-order chi connectivity index (χ0) is 21.8. The van der Waals surface area contributed by atoms with Crippen LogP contribution in [0.15, 0.2) is 42.6 Å². The van der Waals surface area contributed by atoms with Crippen LogP contribution in [0.2, 0.25) is 0 Å². The molecule has 1 N–H and O–H groups in total. The van der Waals surface area contributed by atoms with E-state index in [1.807, 2.05) is 25.1 Å². The molecule has 0 atom stereocenters. The third-order valence-corrected chi connectivity index (χ3v) is 5.04. The maximum Gasteiger partial charge on any atom is 0.338 e. The summed E-state index contributed by atoms with van der Waals surface area (Å²) in [5.74, 6) is -0.519. The number of esters is 1. The van der Waals surface area contributed by atoms with Gasteiger partial charge in [-0.1, -0.05) is 6.07 Å². The molecule has 0 unspecified atom stereocenters. The van der Waals surface area contributed by atoms with Crippen LogP contribution in [0.3, 0.4) is 0 Å². The fourth-order valence-corrected chi connectivity index (χ4v) is 3.49. The highest BCUT2D eigenvalue weighted by Gasteiger charge is 2.23. The number of hydrogen-bond donors (Lipinski definition) is 1. The van der Waals surface area contributed by atoms with Gasteiger partial charge in [-0.15, -0.1) is 12.4 Å². The summed E-state index contributed by atoms with van der Waals surface area (Å²) in [6.07, 6.45) is 1.56. The molecule has 1 aliphatic rings. The van der Waals surface area contributed by atoms with Crippen LogP contribution in [-0.4, -0.2) is 59.7 Å². The van der Waals surface area contributed by atoms with E-state index >= 15 is 0 Å². The second kappa shape index (κ2) is 10.4. The van der Waals surface area contributed by atoms with Gasteiger partial charge in [0, 0.05) is 36.1 Å². The van der Waals surface area contributed by atoms with E-state index in [0.717, 1.165) is 11.1 Å². The number of nitrogens with one attached hydrogen (secondary N) is 1. The van der Waals surface area contributed by atoms with Crippen LogP contribution in [0.25, 0.3) is 11.0 Å². The van der Waals surface area contributed by atoms with E-state index in [1.54, 1.807) is 36.2 Å². The number of aryl methyl sites for hydroxylation is 1. The number of carbonyl (C=O) groups excluding carboxylic acids is 2. The lowest BCUT2D eigenvalue weighted by atomic mass is 10.1. The molecule has 1 aromatic carbocycles. The number of rotatable bonds is 5. The molecule has 0 bridgehead atoms. The van der Waals surface area contributed by atoms with Crippen LogP contribution in [0.5, 0.6) is 0 Å². The average Bonchev–Trinajstić information content (AvgIpc) is 2.79. The van der Waals surface area contributed by atoms with E-state index in [0.29, 0.717) is 61.1 Å². The van der Waals surface area contributed by atoms with Crippen molar-refractivity contribution in [3.8, 4) is 0 Å². The molecular formula is C23H25ClN4O4. The topological polar surface area (TPSA) is 93.7 Å². The summed E-state index contributed by atoms with van der Waals surface area (Å²) in [6.45, 7) is 6.04. The number of benzene rings is 1. The van der Waals surface area contributed by atoms with Crippen molar-refractivity contribution < 1.29 is 19.1 Å². The molecule has 0 aliphatic carbocycles. The van der Waals surface area contributed by atoms with E-state index in [-0.39, 0.29) is 18.3 Å². The molecule has 1 fully saturated rings. The summed E-state index contributed by atoms with van der Waals surface area (Å²) in [4.78, 5) is 36.1. The monoisotopic (exact) mass is 456 g/mol. The maximum atomic E-state index is 13.3. The molecule has 168 valence electrons. The highest BCUT2D eigenvalue weighted by molar-refractivity contribution is 6.07. The molecule has 1 aliphatic heterocycles. The smallest absolute Gasteiger partial charge is 0.338 e. The molecule has 32 heavy (non-hydrogen) atoms. The Kier molecular flexibility index (Phi) is 7.61. The van der Waals surface area contributed by atoms with E-state index in [1.165, 1.54) is 0 Å². The first-order valence-corrected chi connectivity index (χ1v) is 10.2. The highest BCUT2D eigenvalue weighted by atomic mass is 35.5. The second-order valence-corrected chi connectivity index (χ2v) is 7.20. The van der Waals surface area contributed by atoms with Crippen LogP contribution in [-0.2, 0) is 9.47 Å². The number of ether oxygens (including phenoxy) is 2. The minimum Gasteiger partial charge on any atom is -0.462 e. The summed E-state index contributed by atoms with van der Waals surface area (Å²) >= 11 is 0. The summed E-state index contributed by atoms with van der Waals surface area (Å²) in [7, 11) is 0. The number of nitrogens with zero attached hydrogens (tertiary/aromatic N) is 3. The summed E-state index contributed by atoms with van der Waals surface area (Å²) in [5.41, 5.74) is 3.52. The van der Waals surface area contributed by atoms with Crippen LogP contribution in [0.1, 0.15) is 33.3 Å². The summed E-state index contributed by atoms with van der Waals surface area (Å²) < 4.78 is 10.5. The van der Waals surface area contributed by atoms with Gasteiger partial charge >= 0.3 is 5.97 Å². The second-order valence-electron chi connectivity index (χ2n) is 7.20. The lowest BCUT2D eigenvalue weighted by molar-refractivity contribution is 0.0303. The Hall–Kier alpha value is -3.23. The zero-order valence-electron chi connectivity index (χ0n) is 18.0. The first-order chi connectivity index (χ1) is 15.1. The number of halogens is 1. The number of anilines is 2. The van der Waals surface area contributed by atoms with Crippen molar-refractivity contribution in [1.82, 2.24) is 14.9 Å². The highest BCUT2D eigenvalue weighted by Crippen LogP contribution is 2.30. The lowest BCUT2D eigenvalue weighted by Gasteiger charge is -2.27. The Morgan fingerprint density at radius 2 is 1.97 bits per heavy atom. The minimum atomic E-state index is -0.396. The molecule has 1 saturated heterocycles. The van der Waals surface area contributed by atoms with Crippen LogP contribution < -0.4 is 5.32 Å². The SMILES string of the molecule is CCOC(=O)c1cccc(Nc2c(C(=O)N3CCOCC3)cnc3nc(C)ccc23)c1.Cl. The number of hydrogen-bond acceptors (Lipinski definition) is 7. The Balaban J connectivity index is 0.00000289. The van der Waals surface area contributed by atoms with Crippen LogP contribution in [0, 0.1) is 6.92 Å². The molecule has 0 radical (unpaired) electrons. The Labute approximate surface area is 192 Å². The van der Waals surface area contributed by atoms with Crippen molar-refractivity contribution in [3.05, 3.63) is 59.4 Å². The Morgan fingerprint density at radius 1 is 1.19 bits per heavy atom. The zero-order valence-corrected chi connectivity index (χ0v) is 18.8. The van der Waals surface area contributed by atoms with Gasteiger partial charge in [0.15, 0.2) is 5.65 Å². The van der Waals surface area contributed by atoms with Gasteiger partial charge in [0.1, 0.15) is 0 Å². The Morgan fingerprint density at radius 3 is 2.72 bits per heavy atom. The molecule has 4 rings (SSSR count). The molecule has 0 spiro atoms. The first-order valence-electron chi connectivity index (χ1n) is 10.2. The predicted octanol–water partition coefficient (Wildman–Crippen LogP) is 3.75. The van der Waals surface area contributed by atoms with E-state index in [2.05, 4.69) is 15.3 Å². The standard InChI is InChI=1S/C23H24N4O4.ClH/c1-3-31-23(29)16-5-4-6-17(13-16)26-20-18-8-7-15(2)25-21(18)24-14-19(20)22(28)27-9-11-30-12-10-27;/h4-8,13-14H,3,9-12H2,1-2H3,(H,24,25,26);1H. The number of amides is 1. The van der Waals surface area contributed by atoms with Gasteiger partial charge in [-0.2, -0.15) is 0 Å². The van der Waals surface area contributed by atoms with Crippen molar-refractivity contribution in [2.24, 2.45) is 0 Å². The molecule has 1 amide bonds. The van der Waals surface area contributed by atoms with Crippen molar-refractivity contribution in [3.63, 3.8) is 0 Å². The largest absolute Gasteiger partial charge is 0.462 e. The van der Waals surface area contributed by atoms with Crippen molar-refractivity contribution in [2.75, 3.05) is 38.2 Å². The Bertz CT molecular complexity index is 1130. The number of fused-ring (bicyclic) bond motifs is 1. The summed E-state index contributed by atoms with van der Waals surface area (Å²) in [5, 5.41) is 4.05. The van der Waals surface area contributed by atoms with Gasteiger partial charge in [-0.05, 0) is 44.2 Å². The van der Waals surface area contributed by atoms with Crippen LogP contribution in [0.4, 0.5) is 11.4 Å². The van der Waals surface area contributed by atoms with Crippen molar-refractivity contribution in [1.29, 1.82) is 0 Å². The van der Waals surface area contributed by atoms with Gasteiger partial charge < -0.3 is 19.7 Å². The maximum absolute atomic E-state index is 13.3. The van der Waals surface area contributed by atoms with Gasteiger partial charge in [-0.25, -0.2) is 14.8 Å². The van der Waals surface area contributed by atoms with E-state index in [9.17, 15) is 9.59 Å². The van der Waals surface area contributed by atoms with Gasteiger partial charge in [0.05, 0.1) is 36.6 Å². The molecule has 0 saturated carbocycles. The predicted molar refractivity (Wildman–Crippen MR) is 124 cm³/mol. The van der Waals surface area contributed by atoms with Crippen molar-refractivity contribution in [2.45, 2.75) is 13.8 Å². The third kappa shape index (κ3) is 4.98. The molecule has 3 aromatic rings. The summed E-state index contributed by atoms with van der Waals surface area (Å²) in [6, 6.07) is 10.8. The number of carbonyl (C=O) groups is 2. The van der Waals surface area contributed by atoms with E-state index < -0.39 is 5.97 Å². The molecule has 3 heterocycles. The quantitative estimate of drug-likeness (QED) is 0.584. The average molecular weight is 457 g/mol. The number of aromatic nitrogens is 2. The fraction of sp³-hybridized carbons (Fsp3) is 0.304. The third-order valence-electron chi connectivity index (χ3n) is 5.04. The fourth-order valence-electron chi connectivity index (χ4n) is 3.49. The first kappa shape index (κ1) is 23.4. The number of morpholine rings is 1. The molecule has 9 heteroatoms. The van der Waals surface area contributed by atoms with Crippen LogP contribution >= 0.6 is 12.4 Å². The van der Waals surface area contributed by atoms with E-state index in [4.69, 9.17) is 9.47 Å². The van der Waals surface area contributed by atoms with Gasteiger partial charge in [0.25, 0.3) is 5.91 Å². The molecule has 2 aromatic heterocycles. The molecule has 8 nitrogen and oxygen atoms in total. The molecular weight excluding hydrogens is 432 g/mol. The van der Waals surface area contributed by atoms with Gasteiger partial charge in [0.2, 0.25) is 0 Å². The van der Waals surface area contributed by atoms with Crippen molar-refractivity contribution >= 4 is 46.7 Å². The minimum absolute atomic E-state index is 0. The van der Waals surface area contributed by atoms with Gasteiger partial charge in [-0.3, -0.25) is 4.79 Å².